The van der Waals surface area contributed by atoms with Crippen LogP contribution in [0.2, 0.25) is 0 Å². The summed E-state index contributed by atoms with van der Waals surface area (Å²) in [4.78, 5) is 27.4. The summed E-state index contributed by atoms with van der Waals surface area (Å²) in [6.45, 7) is 3.64. The Morgan fingerprint density at radius 2 is 2.24 bits per heavy atom. The summed E-state index contributed by atoms with van der Waals surface area (Å²) in [5, 5.41) is 2.95. The number of hydrogen-bond donors (Lipinski definition) is 1. The number of carbonyl (C=O) groups excluding carboxylic acids is 1. The van der Waals surface area contributed by atoms with E-state index in [-0.39, 0.29) is 11.8 Å². The standard InChI is InChI=1S/C19H22N4OS/c1-2-6-17-20-16(12-25-17)19(24)23-10-5-7-13(11-23)18-21-14-8-3-4-9-15(14)22-18/h3-4,8-9,12-13H,2,5-7,10-11H2,1H3,(H,21,22). The maximum Gasteiger partial charge on any atom is 0.273 e. The second-order valence-corrected chi connectivity index (χ2v) is 7.55. The van der Waals surface area contributed by atoms with Gasteiger partial charge in [0.25, 0.3) is 5.91 Å². The Kier molecular flexibility index (Phi) is 4.53. The molecule has 1 fully saturated rings. The number of likely N-dealkylation sites (tertiary alicyclic amines) is 1. The molecule has 1 amide bonds. The second-order valence-electron chi connectivity index (χ2n) is 6.61. The zero-order valence-corrected chi connectivity index (χ0v) is 15.2. The number of imidazole rings is 1. The maximum atomic E-state index is 12.8. The highest BCUT2D eigenvalue weighted by molar-refractivity contribution is 7.09. The van der Waals surface area contributed by atoms with Gasteiger partial charge in [0.05, 0.1) is 16.0 Å². The van der Waals surface area contributed by atoms with Crippen molar-refractivity contribution in [3.63, 3.8) is 0 Å². The van der Waals surface area contributed by atoms with Gasteiger partial charge in [-0.05, 0) is 37.8 Å². The third kappa shape index (κ3) is 3.31. The molecule has 0 bridgehead atoms. The van der Waals surface area contributed by atoms with Gasteiger partial charge in [0.15, 0.2) is 0 Å². The number of aromatic amines is 1. The molecule has 1 saturated heterocycles. The number of H-pyrrole nitrogens is 1. The Morgan fingerprint density at radius 3 is 3.08 bits per heavy atom. The molecule has 1 unspecified atom stereocenters. The molecule has 1 aliphatic rings. The fourth-order valence-corrected chi connectivity index (χ4v) is 4.32. The third-order valence-electron chi connectivity index (χ3n) is 4.74. The first-order valence-electron chi connectivity index (χ1n) is 8.93. The van der Waals surface area contributed by atoms with E-state index in [0.717, 1.165) is 54.1 Å². The number of nitrogens with one attached hydrogen (secondary N) is 1. The number of rotatable bonds is 4. The molecule has 2 aromatic heterocycles. The van der Waals surface area contributed by atoms with Crippen LogP contribution in [0.1, 0.15) is 53.4 Å². The van der Waals surface area contributed by atoms with Gasteiger partial charge < -0.3 is 9.88 Å². The van der Waals surface area contributed by atoms with E-state index in [2.05, 4.69) is 16.9 Å². The molecule has 130 valence electrons. The van der Waals surface area contributed by atoms with Crippen LogP contribution in [0.3, 0.4) is 0 Å². The number of piperidine rings is 1. The molecule has 1 aromatic carbocycles. The van der Waals surface area contributed by atoms with Gasteiger partial charge in [0.2, 0.25) is 0 Å². The molecule has 1 N–H and O–H groups in total. The average molecular weight is 354 g/mol. The van der Waals surface area contributed by atoms with Crippen LogP contribution in [0.15, 0.2) is 29.6 Å². The molecule has 5 nitrogen and oxygen atoms in total. The van der Waals surface area contributed by atoms with Gasteiger partial charge in [-0.3, -0.25) is 4.79 Å². The van der Waals surface area contributed by atoms with Gasteiger partial charge >= 0.3 is 0 Å². The lowest BCUT2D eigenvalue weighted by atomic mass is 9.97. The molecule has 0 aliphatic carbocycles. The van der Waals surface area contributed by atoms with E-state index in [1.165, 1.54) is 0 Å². The Bertz CT molecular complexity index is 851. The summed E-state index contributed by atoms with van der Waals surface area (Å²) in [5.41, 5.74) is 2.65. The number of aromatic nitrogens is 3. The van der Waals surface area contributed by atoms with Gasteiger partial charge in [-0.25, -0.2) is 9.97 Å². The van der Waals surface area contributed by atoms with Crippen molar-refractivity contribution >= 4 is 28.3 Å². The molecular formula is C19H22N4OS. The number of thiazole rings is 1. The Labute approximate surface area is 151 Å². The summed E-state index contributed by atoms with van der Waals surface area (Å²) in [6.07, 6.45) is 4.06. The van der Waals surface area contributed by atoms with Gasteiger partial charge in [-0.1, -0.05) is 19.1 Å². The van der Waals surface area contributed by atoms with E-state index >= 15 is 0 Å². The minimum atomic E-state index is 0.0550. The predicted molar refractivity (Wildman–Crippen MR) is 100 cm³/mol. The van der Waals surface area contributed by atoms with Crippen LogP contribution in [-0.2, 0) is 6.42 Å². The molecule has 1 aliphatic heterocycles. The first-order valence-corrected chi connectivity index (χ1v) is 9.81. The molecule has 3 aromatic rings. The van der Waals surface area contributed by atoms with Crippen LogP contribution in [0.5, 0.6) is 0 Å². The second kappa shape index (κ2) is 6.96. The summed E-state index contributed by atoms with van der Waals surface area (Å²) in [7, 11) is 0. The van der Waals surface area contributed by atoms with Crippen molar-refractivity contribution in [2.45, 2.75) is 38.5 Å². The van der Waals surface area contributed by atoms with Gasteiger partial charge in [-0.15, -0.1) is 11.3 Å². The fraction of sp³-hybridized carbons (Fsp3) is 0.421. The number of carbonyl (C=O) groups is 1. The van der Waals surface area contributed by atoms with E-state index in [4.69, 9.17) is 4.98 Å². The van der Waals surface area contributed by atoms with Gasteiger partial charge in [-0.2, -0.15) is 0 Å². The highest BCUT2D eigenvalue weighted by Gasteiger charge is 2.28. The Morgan fingerprint density at radius 1 is 1.36 bits per heavy atom. The SMILES string of the molecule is CCCc1nc(C(=O)N2CCCC(c3nc4ccccc4[nH]3)C2)cs1. The molecule has 6 heteroatoms. The molecule has 0 saturated carbocycles. The summed E-state index contributed by atoms with van der Waals surface area (Å²) >= 11 is 1.59. The van der Waals surface area contributed by atoms with E-state index in [1.807, 2.05) is 34.5 Å². The normalized spacial score (nSPS) is 18.0. The van der Waals surface area contributed by atoms with Crippen molar-refractivity contribution in [1.29, 1.82) is 0 Å². The summed E-state index contributed by atoms with van der Waals surface area (Å²) < 4.78 is 0. The number of fused-ring (bicyclic) bond motifs is 1. The minimum absolute atomic E-state index is 0.0550. The first-order chi connectivity index (χ1) is 12.2. The number of hydrogen-bond acceptors (Lipinski definition) is 4. The number of nitrogens with zero attached hydrogens (tertiary/aromatic N) is 3. The highest BCUT2D eigenvalue weighted by atomic mass is 32.1. The van der Waals surface area contributed by atoms with E-state index in [0.29, 0.717) is 12.2 Å². The highest BCUT2D eigenvalue weighted by Crippen LogP contribution is 2.27. The lowest BCUT2D eigenvalue weighted by Crippen LogP contribution is -2.39. The zero-order valence-electron chi connectivity index (χ0n) is 14.4. The first kappa shape index (κ1) is 16.3. The molecule has 0 spiro atoms. The number of benzene rings is 1. The topological polar surface area (TPSA) is 61.9 Å². The zero-order chi connectivity index (χ0) is 17.2. The lowest BCUT2D eigenvalue weighted by Gasteiger charge is -2.31. The largest absolute Gasteiger partial charge is 0.342 e. The minimum Gasteiger partial charge on any atom is -0.342 e. The number of aryl methyl sites for hydroxylation is 1. The van der Waals surface area contributed by atoms with Crippen molar-refractivity contribution in [2.75, 3.05) is 13.1 Å². The lowest BCUT2D eigenvalue weighted by molar-refractivity contribution is 0.0699. The van der Waals surface area contributed by atoms with Crippen molar-refractivity contribution in [3.05, 3.63) is 46.2 Å². The fourth-order valence-electron chi connectivity index (χ4n) is 3.45. The molecular weight excluding hydrogens is 332 g/mol. The van der Waals surface area contributed by atoms with Crippen molar-refractivity contribution in [2.24, 2.45) is 0 Å². The maximum absolute atomic E-state index is 12.8. The quantitative estimate of drug-likeness (QED) is 0.770. The van der Waals surface area contributed by atoms with Crippen molar-refractivity contribution in [3.8, 4) is 0 Å². The number of amides is 1. The van der Waals surface area contributed by atoms with Crippen molar-refractivity contribution < 1.29 is 4.79 Å². The van der Waals surface area contributed by atoms with Crippen molar-refractivity contribution in [1.82, 2.24) is 19.9 Å². The van der Waals surface area contributed by atoms with Crippen LogP contribution in [-0.4, -0.2) is 38.8 Å². The molecule has 0 radical (unpaired) electrons. The molecule has 4 rings (SSSR count). The third-order valence-corrected chi connectivity index (χ3v) is 5.65. The van der Waals surface area contributed by atoms with Crippen LogP contribution in [0.25, 0.3) is 11.0 Å². The van der Waals surface area contributed by atoms with E-state index < -0.39 is 0 Å². The summed E-state index contributed by atoms with van der Waals surface area (Å²) in [6, 6.07) is 8.07. The van der Waals surface area contributed by atoms with E-state index in [9.17, 15) is 4.79 Å². The van der Waals surface area contributed by atoms with Crippen LogP contribution < -0.4 is 0 Å². The summed E-state index contributed by atoms with van der Waals surface area (Å²) in [5.74, 6) is 1.31. The smallest absolute Gasteiger partial charge is 0.273 e. The molecule has 25 heavy (non-hydrogen) atoms. The van der Waals surface area contributed by atoms with Gasteiger partial charge in [0, 0.05) is 24.4 Å². The number of para-hydroxylation sites is 2. The average Bonchev–Trinajstić information content (AvgIpc) is 3.28. The van der Waals surface area contributed by atoms with Crippen LogP contribution in [0.4, 0.5) is 0 Å². The molecule has 1 atom stereocenters. The van der Waals surface area contributed by atoms with E-state index in [1.54, 1.807) is 11.3 Å². The Hall–Kier alpha value is -2.21. The van der Waals surface area contributed by atoms with Gasteiger partial charge in [0.1, 0.15) is 11.5 Å². The van der Waals surface area contributed by atoms with Crippen LogP contribution in [0, 0.1) is 0 Å². The monoisotopic (exact) mass is 354 g/mol. The Balaban J connectivity index is 1.50. The van der Waals surface area contributed by atoms with Crippen LogP contribution >= 0.6 is 11.3 Å². The molecule has 3 heterocycles. The predicted octanol–water partition coefficient (Wildman–Crippen LogP) is 3.99.